The standard InChI is InChI=1S/C15H19F2NO2/c1-2-10-6-4-3-5-9-18(10)12-8-7-11(15(19)20)13(16)14(12)17/h7-8,10H,2-6,9H2,1H3,(H,19,20). The van der Waals surface area contributed by atoms with Crippen molar-refractivity contribution in [1.29, 1.82) is 0 Å². The highest BCUT2D eigenvalue weighted by Gasteiger charge is 2.26. The van der Waals surface area contributed by atoms with Crippen LogP contribution in [0.25, 0.3) is 0 Å². The Balaban J connectivity index is 2.40. The summed E-state index contributed by atoms with van der Waals surface area (Å²) in [6.07, 6.45) is 4.94. The lowest BCUT2D eigenvalue weighted by molar-refractivity contribution is 0.0690. The normalized spacial score (nSPS) is 19.8. The summed E-state index contributed by atoms with van der Waals surface area (Å²) >= 11 is 0. The van der Waals surface area contributed by atoms with Gasteiger partial charge in [-0.3, -0.25) is 0 Å². The van der Waals surface area contributed by atoms with Crippen molar-refractivity contribution in [3.8, 4) is 0 Å². The van der Waals surface area contributed by atoms with Crippen LogP contribution in [0.3, 0.4) is 0 Å². The second-order valence-electron chi connectivity index (χ2n) is 5.17. The van der Waals surface area contributed by atoms with E-state index in [4.69, 9.17) is 5.11 Å². The third kappa shape index (κ3) is 2.76. The van der Waals surface area contributed by atoms with Crippen molar-refractivity contribution in [3.05, 3.63) is 29.3 Å². The van der Waals surface area contributed by atoms with Gasteiger partial charge in [-0.1, -0.05) is 19.8 Å². The minimum atomic E-state index is -1.45. The molecule has 1 aliphatic heterocycles. The van der Waals surface area contributed by atoms with Gasteiger partial charge in [0.1, 0.15) is 0 Å². The van der Waals surface area contributed by atoms with Crippen LogP contribution in [-0.4, -0.2) is 23.7 Å². The fourth-order valence-corrected chi connectivity index (χ4v) is 2.85. The van der Waals surface area contributed by atoms with Gasteiger partial charge in [0.05, 0.1) is 11.3 Å². The van der Waals surface area contributed by atoms with Crippen molar-refractivity contribution in [3.63, 3.8) is 0 Å². The molecule has 1 fully saturated rings. The summed E-state index contributed by atoms with van der Waals surface area (Å²) in [7, 11) is 0. The zero-order valence-corrected chi connectivity index (χ0v) is 11.5. The molecule has 0 bridgehead atoms. The smallest absolute Gasteiger partial charge is 0.338 e. The Morgan fingerprint density at radius 3 is 2.70 bits per heavy atom. The number of carbonyl (C=O) groups is 1. The van der Waals surface area contributed by atoms with E-state index >= 15 is 0 Å². The Morgan fingerprint density at radius 2 is 2.05 bits per heavy atom. The molecular formula is C15H19F2NO2. The predicted molar refractivity (Wildman–Crippen MR) is 73.2 cm³/mol. The number of benzene rings is 1. The number of rotatable bonds is 3. The number of carboxylic acid groups (broad SMARTS) is 1. The van der Waals surface area contributed by atoms with E-state index < -0.39 is 23.2 Å². The van der Waals surface area contributed by atoms with E-state index in [9.17, 15) is 13.6 Å². The number of anilines is 1. The van der Waals surface area contributed by atoms with Gasteiger partial charge in [0.25, 0.3) is 0 Å². The van der Waals surface area contributed by atoms with Gasteiger partial charge in [-0.15, -0.1) is 0 Å². The van der Waals surface area contributed by atoms with Crippen LogP contribution < -0.4 is 4.90 Å². The third-order valence-corrected chi connectivity index (χ3v) is 3.95. The first-order chi connectivity index (χ1) is 9.56. The molecule has 1 unspecified atom stereocenters. The van der Waals surface area contributed by atoms with Gasteiger partial charge < -0.3 is 10.0 Å². The zero-order chi connectivity index (χ0) is 14.7. The average molecular weight is 283 g/mol. The summed E-state index contributed by atoms with van der Waals surface area (Å²) in [4.78, 5) is 12.7. The lowest BCUT2D eigenvalue weighted by atomic mass is 10.1. The van der Waals surface area contributed by atoms with E-state index in [1.807, 2.05) is 11.8 Å². The summed E-state index contributed by atoms with van der Waals surface area (Å²) in [5.74, 6) is -3.77. The monoisotopic (exact) mass is 283 g/mol. The van der Waals surface area contributed by atoms with E-state index in [1.165, 1.54) is 6.07 Å². The number of hydrogen-bond acceptors (Lipinski definition) is 2. The minimum Gasteiger partial charge on any atom is -0.478 e. The maximum absolute atomic E-state index is 14.2. The van der Waals surface area contributed by atoms with Gasteiger partial charge in [-0.05, 0) is 31.4 Å². The van der Waals surface area contributed by atoms with Crippen molar-refractivity contribution < 1.29 is 18.7 Å². The van der Waals surface area contributed by atoms with Crippen LogP contribution in [0.1, 0.15) is 49.4 Å². The second kappa shape index (κ2) is 6.20. The maximum Gasteiger partial charge on any atom is 0.338 e. The molecule has 5 heteroatoms. The van der Waals surface area contributed by atoms with Crippen molar-refractivity contribution in [2.75, 3.05) is 11.4 Å². The lowest BCUT2D eigenvalue weighted by Crippen LogP contribution is -2.35. The SMILES string of the molecule is CCC1CCCCCN1c1ccc(C(=O)O)c(F)c1F. The molecule has 1 aromatic carbocycles. The molecule has 0 amide bonds. The van der Waals surface area contributed by atoms with Crippen LogP contribution in [-0.2, 0) is 0 Å². The van der Waals surface area contributed by atoms with Crippen molar-refractivity contribution in [2.45, 2.75) is 45.1 Å². The predicted octanol–water partition coefficient (Wildman–Crippen LogP) is 3.82. The Hall–Kier alpha value is -1.65. The Morgan fingerprint density at radius 1 is 1.30 bits per heavy atom. The van der Waals surface area contributed by atoms with Crippen molar-refractivity contribution in [1.82, 2.24) is 0 Å². The lowest BCUT2D eigenvalue weighted by Gasteiger charge is -2.32. The van der Waals surface area contributed by atoms with E-state index in [2.05, 4.69) is 0 Å². The van der Waals surface area contributed by atoms with Gasteiger partial charge in [0.15, 0.2) is 11.6 Å². The van der Waals surface area contributed by atoms with Crippen LogP contribution in [0.15, 0.2) is 12.1 Å². The molecule has 1 atom stereocenters. The highest BCUT2D eigenvalue weighted by atomic mass is 19.2. The van der Waals surface area contributed by atoms with E-state index in [0.717, 1.165) is 38.2 Å². The largest absolute Gasteiger partial charge is 0.478 e. The highest BCUT2D eigenvalue weighted by molar-refractivity contribution is 5.88. The number of aromatic carboxylic acids is 1. The summed E-state index contributed by atoms with van der Waals surface area (Å²) in [5.41, 5.74) is -0.435. The summed E-state index contributed by atoms with van der Waals surface area (Å²) < 4.78 is 28.0. The first kappa shape index (κ1) is 14.8. The van der Waals surface area contributed by atoms with Gasteiger partial charge in [0, 0.05) is 12.6 Å². The first-order valence-corrected chi connectivity index (χ1v) is 7.04. The van der Waals surface area contributed by atoms with E-state index in [1.54, 1.807) is 0 Å². The summed E-state index contributed by atoms with van der Waals surface area (Å²) in [6, 6.07) is 2.71. The van der Waals surface area contributed by atoms with E-state index in [0.29, 0.717) is 6.54 Å². The molecule has 0 spiro atoms. The molecule has 110 valence electrons. The quantitative estimate of drug-likeness (QED) is 0.916. The number of hydrogen-bond donors (Lipinski definition) is 1. The van der Waals surface area contributed by atoms with E-state index in [-0.39, 0.29) is 11.7 Å². The number of nitrogens with zero attached hydrogens (tertiary/aromatic N) is 1. The molecule has 3 nitrogen and oxygen atoms in total. The molecule has 0 aliphatic carbocycles. The summed E-state index contributed by atoms with van der Waals surface area (Å²) in [6.45, 7) is 2.71. The highest BCUT2D eigenvalue weighted by Crippen LogP contribution is 2.30. The van der Waals surface area contributed by atoms with Crippen LogP contribution in [0.5, 0.6) is 0 Å². The summed E-state index contributed by atoms with van der Waals surface area (Å²) in [5, 5.41) is 8.81. The zero-order valence-electron chi connectivity index (χ0n) is 11.5. The maximum atomic E-state index is 14.2. The fraction of sp³-hybridized carbons (Fsp3) is 0.533. The van der Waals surface area contributed by atoms with Crippen molar-refractivity contribution in [2.24, 2.45) is 0 Å². The topological polar surface area (TPSA) is 40.5 Å². The molecule has 0 aromatic heterocycles. The number of halogens is 2. The molecule has 0 saturated carbocycles. The van der Waals surface area contributed by atoms with Gasteiger partial charge >= 0.3 is 5.97 Å². The van der Waals surface area contributed by atoms with Crippen LogP contribution in [0, 0.1) is 11.6 Å². The third-order valence-electron chi connectivity index (χ3n) is 3.95. The Labute approximate surface area is 117 Å². The minimum absolute atomic E-state index is 0.182. The second-order valence-corrected chi connectivity index (χ2v) is 5.17. The molecule has 1 aliphatic rings. The Bertz CT molecular complexity index is 505. The van der Waals surface area contributed by atoms with Gasteiger partial charge in [-0.2, -0.15) is 0 Å². The first-order valence-electron chi connectivity index (χ1n) is 7.04. The van der Waals surface area contributed by atoms with Crippen LogP contribution in [0.4, 0.5) is 14.5 Å². The molecule has 20 heavy (non-hydrogen) atoms. The molecule has 2 rings (SSSR count). The van der Waals surface area contributed by atoms with Crippen molar-refractivity contribution >= 4 is 11.7 Å². The molecule has 1 heterocycles. The fourth-order valence-electron chi connectivity index (χ4n) is 2.85. The molecule has 1 saturated heterocycles. The molecule has 1 aromatic rings. The van der Waals surface area contributed by atoms with Gasteiger partial charge in [0.2, 0.25) is 0 Å². The average Bonchev–Trinajstić information content (AvgIpc) is 2.66. The van der Waals surface area contributed by atoms with Crippen LogP contribution in [0.2, 0.25) is 0 Å². The molecule has 0 radical (unpaired) electrons. The molecule has 1 N–H and O–H groups in total. The van der Waals surface area contributed by atoms with Gasteiger partial charge in [-0.25, -0.2) is 13.6 Å². The van der Waals surface area contributed by atoms with Crippen LogP contribution >= 0.6 is 0 Å². The Kier molecular flexibility index (Phi) is 4.57. The number of carboxylic acids is 1. The molecular weight excluding hydrogens is 264 g/mol.